The van der Waals surface area contributed by atoms with Gasteiger partial charge in [-0.2, -0.15) is 5.10 Å². The number of nitrogens with two attached hydrogens (primary N) is 1. The molecule has 0 fully saturated rings. The second-order valence-corrected chi connectivity index (χ2v) is 3.77. The molecule has 0 aliphatic rings. The number of H-pyrrole nitrogens is 1. The summed E-state index contributed by atoms with van der Waals surface area (Å²) in [4.78, 5) is 0. The number of ether oxygens (including phenoxy) is 1. The summed E-state index contributed by atoms with van der Waals surface area (Å²) in [6, 6.07) is 5.60. The van der Waals surface area contributed by atoms with Crippen molar-refractivity contribution >= 4 is 5.69 Å². The third-order valence-corrected chi connectivity index (χ3v) is 2.62. The summed E-state index contributed by atoms with van der Waals surface area (Å²) in [5, 5.41) is 7.14. The van der Waals surface area contributed by atoms with Crippen LogP contribution in [-0.4, -0.2) is 17.3 Å². The molecule has 0 atom stereocenters. The van der Waals surface area contributed by atoms with E-state index in [1.165, 1.54) is 0 Å². The van der Waals surface area contributed by atoms with Crippen molar-refractivity contribution in [2.75, 3.05) is 12.8 Å². The van der Waals surface area contributed by atoms with E-state index in [2.05, 4.69) is 10.2 Å². The van der Waals surface area contributed by atoms with Gasteiger partial charge in [0, 0.05) is 22.5 Å². The van der Waals surface area contributed by atoms with Crippen LogP contribution in [0.2, 0.25) is 0 Å². The molecule has 0 amide bonds. The van der Waals surface area contributed by atoms with Crippen molar-refractivity contribution in [1.82, 2.24) is 10.2 Å². The molecule has 1 aromatic carbocycles. The maximum atomic E-state index is 5.80. The predicted molar refractivity (Wildman–Crippen MR) is 64.5 cm³/mol. The molecule has 16 heavy (non-hydrogen) atoms. The highest BCUT2D eigenvalue weighted by Crippen LogP contribution is 2.34. The van der Waals surface area contributed by atoms with Crippen molar-refractivity contribution < 1.29 is 4.74 Å². The van der Waals surface area contributed by atoms with Gasteiger partial charge in [0.15, 0.2) is 0 Å². The van der Waals surface area contributed by atoms with Gasteiger partial charge in [0.05, 0.1) is 12.8 Å². The summed E-state index contributed by atoms with van der Waals surface area (Å²) in [6.45, 7) is 3.94. The quantitative estimate of drug-likeness (QED) is 0.758. The van der Waals surface area contributed by atoms with E-state index in [0.29, 0.717) is 0 Å². The number of methoxy groups -OCH3 is 1. The van der Waals surface area contributed by atoms with Crippen LogP contribution < -0.4 is 10.5 Å². The van der Waals surface area contributed by atoms with Crippen molar-refractivity contribution in [1.29, 1.82) is 0 Å². The van der Waals surface area contributed by atoms with E-state index in [1.807, 2.05) is 32.0 Å². The van der Waals surface area contributed by atoms with Gasteiger partial charge in [0.2, 0.25) is 0 Å². The number of hydrogen-bond acceptors (Lipinski definition) is 3. The Morgan fingerprint density at radius 1 is 1.31 bits per heavy atom. The number of hydrogen-bond donors (Lipinski definition) is 2. The van der Waals surface area contributed by atoms with Crippen molar-refractivity contribution in [3.05, 3.63) is 29.6 Å². The Morgan fingerprint density at radius 2 is 2.06 bits per heavy atom. The van der Waals surface area contributed by atoms with E-state index in [0.717, 1.165) is 34.0 Å². The van der Waals surface area contributed by atoms with Crippen LogP contribution in [-0.2, 0) is 0 Å². The molecular weight excluding hydrogens is 202 g/mol. The van der Waals surface area contributed by atoms with Gasteiger partial charge in [0.25, 0.3) is 0 Å². The fourth-order valence-electron chi connectivity index (χ4n) is 1.87. The molecule has 4 nitrogen and oxygen atoms in total. The third-order valence-electron chi connectivity index (χ3n) is 2.62. The van der Waals surface area contributed by atoms with Crippen LogP contribution in [0.5, 0.6) is 5.75 Å². The van der Waals surface area contributed by atoms with Gasteiger partial charge in [-0.05, 0) is 32.0 Å². The Hall–Kier alpha value is -1.97. The maximum absolute atomic E-state index is 5.80. The molecule has 0 radical (unpaired) electrons. The van der Waals surface area contributed by atoms with Gasteiger partial charge in [-0.25, -0.2) is 0 Å². The summed E-state index contributed by atoms with van der Waals surface area (Å²) in [5.41, 5.74) is 10.5. The second kappa shape index (κ2) is 3.89. The summed E-state index contributed by atoms with van der Waals surface area (Å²) < 4.78 is 5.34. The normalized spacial score (nSPS) is 10.4. The number of aromatic amines is 1. The second-order valence-electron chi connectivity index (χ2n) is 3.77. The van der Waals surface area contributed by atoms with Crippen molar-refractivity contribution in [3.8, 4) is 16.9 Å². The van der Waals surface area contributed by atoms with Crippen molar-refractivity contribution in [2.24, 2.45) is 0 Å². The highest BCUT2D eigenvalue weighted by Gasteiger charge is 2.13. The molecule has 84 valence electrons. The van der Waals surface area contributed by atoms with Gasteiger partial charge in [-0.1, -0.05) is 0 Å². The number of rotatable bonds is 2. The summed E-state index contributed by atoms with van der Waals surface area (Å²) >= 11 is 0. The lowest BCUT2D eigenvalue weighted by Crippen LogP contribution is -1.92. The molecule has 0 bridgehead atoms. The lowest BCUT2D eigenvalue weighted by atomic mass is 10.0. The summed E-state index contributed by atoms with van der Waals surface area (Å²) in [7, 11) is 1.65. The minimum absolute atomic E-state index is 0.718. The monoisotopic (exact) mass is 217 g/mol. The average Bonchev–Trinajstić information content (AvgIpc) is 2.58. The van der Waals surface area contributed by atoms with E-state index in [1.54, 1.807) is 7.11 Å². The Labute approximate surface area is 94.4 Å². The minimum atomic E-state index is 0.718. The highest BCUT2D eigenvalue weighted by atomic mass is 16.5. The Balaban J connectivity index is 2.67. The molecule has 0 unspecified atom stereocenters. The molecule has 2 aromatic rings. The number of nitrogen functional groups attached to an aromatic ring is 1. The van der Waals surface area contributed by atoms with Crippen LogP contribution in [0.25, 0.3) is 11.1 Å². The topological polar surface area (TPSA) is 63.9 Å². The maximum Gasteiger partial charge on any atom is 0.126 e. The van der Waals surface area contributed by atoms with Crippen LogP contribution >= 0.6 is 0 Å². The lowest BCUT2D eigenvalue weighted by Gasteiger charge is -2.09. The van der Waals surface area contributed by atoms with Crippen molar-refractivity contribution in [3.63, 3.8) is 0 Å². The zero-order valence-electron chi connectivity index (χ0n) is 9.66. The minimum Gasteiger partial charge on any atom is -0.496 e. The van der Waals surface area contributed by atoms with E-state index in [4.69, 9.17) is 10.5 Å². The van der Waals surface area contributed by atoms with Crippen LogP contribution in [0, 0.1) is 13.8 Å². The van der Waals surface area contributed by atoms with E-state index in [9.17, 15) is 0 Å². The SMILES string of the molecule is COc1ccc(N)cc1-c1c(C)n[nH]c1C. The van der Waals surface area contributed by atoms with E-state index in [-0.39, 0.29) is 0 Å². The number of aryl methyl sites for hydroxylation is 2. The molecule has 0 aliphatic carbocycles. The smallest absolute Gasteiger partial charge is 0.126 e. The average molecular weight is 217 g/mol. The zero-order chi connectivity index (χ0) is 11.7. The molecule has 0 spiro atoms. The van der Waals surface area contributed by atoms with Gasteiger partial charge in [-0.3, -0.25) is 5.10 Å². The number of benzene rings is 1. The van der Waals surface area contributed by atoms with Gasteiger partial charge < -0.3 is 10.5 Å². The molecule has 2 rings (SSSR count). The molecular formula is C12H15N3O. The largest absolute Gasteiger partial charge is 0.496 e. The first kappa shape index (κ1) is 10.5. The first-order valence-corrected chi connectivity index (χ1v) is 5.09. The number of nitrogens with one attached hydrogen (secondary N) is 1. The first-order valence-electron chi connectivity index (χ1n) is 5.09. The Morgan fingerprint density at radius 3 is 2.62 bits per heavy atom. The molecule has 0 aliphatic heterocycles. The van der Waals surface area contributed by atoms with Crippen LogP contribution in [0.15, 0.2) is 18.2 Å². The first-order chi connectivity index (χ1) is 7.63. The van der Waals surface area contributed by atoms with Gasteiger partial charge in [0.1, 0.15) is 5.75 Å². The number of aromatic nitrogens is 2. The van der Waals surface area contributed by atoms with Crippen LogP contribution in [0.3, 0.4) is 0 Å². The standard InChI is InChI=1S/C12H15N3O/c1-7-12(8(2)15-14-7)10-6-9(13)4-5-11(10)16-3/h4-6H,13H2,1-3H3,(H,14,15). The molecule has 1 aromatic heterocycles. The van der Waals surface area contributed by atoms with Crippen molar-refractivity contribution in [2.45, 2.75) is 13.8 Å². The zero-order valence-corrected chi connectivity index (χ0v) is 9.66. The Kier molecular flexibility index (Phi) is 2.56. The number of anilines is 1. The van der Waals surface area contributed by atoms with Crippen LogP contribution in [0.1, 0.15) is 11.4 Å². The van der Waals surface area contributed by atoms with E-state index < -0.39 is 0 Å². The molecule has 0 saturated carbocycles. The summed E-state index contributed by atoms with van der Waals surface area (Å²) in [6.07, 6.45) is 0. The lowest BCUT2D eigenvalue weighted by molar-refractivity contribution is 0.416. The summed E-state index contributed by atoms with van der Waals surface area (Å²) in [5.74, 6) is 0.807. The predicted octanol–water partition coefficient (Wildman–Crippen LogP) is 2.28. The van der Waals surface area contributed by atoms with E-state index >= 15 is 0 Å². The Bertz CT molecular complexity index is 497. The molecule has 0 saturated heterocycles. The van der Waals surface area contributed by atoms with Gasteiger partial charge >= 0.3 is 0 Å². The van der Waals surface area contributed by atoms with Gasteiger partial charge in [-0.15, -0.1) is 0 Å². The fourth-order valence-corrected chi connectivity index (χ4v) is 1.87. The highest BCUT2D eigenvalue weighted by molar-refractivity contribution is 5.77. The molecule has 4 heteroatoms. The third kappa shape index (κ3) is 1.62. The fraction of sp³-hybridized carbons (Fsp3) is 0.250. The molecule has 3 N–H and O–H groups in total. The van der Waals surface area contributed by atoms with Crippen LogP contribution in [0.4, 0.5) is 5.69 Å². The molecule has 1 heterocycles. The number of nitrogens with zero attached hydrogens (tertiary/aromatic N) is 1.